The van der Waals surface area contributed by atoms with E-state index in [0.29, 0.717) is 25.8 Å². The normalized spacial score (nSPS) is 18.9. The summed E-state index contributed by atoms with van der Waals surface area (Å²) in [5.74, 6) is -1.13. The van der Waals surface area contributed by atoms with Crippen LogP contribution in [0.15, 0.2) is 66.0 Å². The Morgan fingerprint density at radius 3 is 2.67 bits per heavy atom. The van der Waals surface area contributed by atoms with E-state index in [0.717, 1.165) is 16.0 Å². The Bertz CT molecular complexity index is 1070. The third-order valence-corrected chi connectivity index (χ3v) is 6.69. The van der Waals surface area contributed by atoms with Gasteiger partial charge < -0.3 is 10.6 Å². The van der Waals surface area contributed by atoms with Crippen molar-refractivity contribution < 1.29 is 14.0 Å². The van der Waals surface area contributed by atoms with Crippen molar-refractivity contribution in [2.24, 2.45) is 11.1 Å². The van der Waals surface area contributed by atoms with Gasteiger partial charge in [-0.3, -0.25) is 9.59 Å². The van der Waals surface area contributed by atoms with Crippen LogP contribution in [-0.2, 0) is 11.2 Å². The summed E-state index contributed by atoms with van der Waals surface area (Å²) in [5.41, 5.74) is 7.47. The molecule has 4 nitrogen and oxygen atoms in total. The number of rotatable bonds is 5. The molecule has 0 spiro atoms. The lowest BCUT2D eigenvalue weighted by Crippen LogP contribution is -2.53. The van der Waals surface area contributed by atoms with Gasteiger partial charge in [0.15, 0.2) is 0 Å². The van der Waals surface area contributed by atoms with Gasteiger partial charge in [-0.15, -0.1) is 11.3 Å². The molecule has 3 aromatic rings. The zero-order valence-electron chi connectivity index (χ0n) is 16.5. The summed E-state index contributed by atoms with van der Waals surface area (Å²) in [4.78, 5) is 28.4. The molecule has 1 unspecified atom stereocenters. The van der Waals surface area contributed by atoms with Crippen LogP contribution >= 0.6 is 11.3 Å². The highest BCUT2D eigenvalue weighted by Gasteiger charge is 2.42. The van der Waals surface area contributed by atoms with Crippen molar-refractivity contribution in [3.63, 3.8) is 0 Å². The largest absolute Gasteiger partial charge is 0.369 e. The summed E-state index contributed by atoms with van der Waals surface area (Å²) in [6.45, 7) is 0.757. The van der Waals surface area contributed by atoms with E-state index in [1.54, 1.807) is 22.3 Å². The van der Waals surface area contributed by atoms with E-state index >= 15 is 0 Å². The molecule has 154 valence electrons. The molecule has 6 heteroatoms. The number of nitrogens with two attached hydrogens (primary N) is 1. The van der Waals surface area contributed by atoms with Gasteiger partial charge in [0.1, 0.15) is 5.82 Å². The molecule has 2 heterocycles. The van der Waals surface area contributed by atoms with Crippen molar-refractivity contribution in [1.82, 2.24) is 4.90 Å². The molecule has 2 aromatic carbocycles. The zero-order chi connectivity index (χ0) is 21.1. The first kappa shape index (κ1) is 20.3. The molecule has 1 atom stereocenters. The molecular formula is C24H23FN2O2S. The van der Waals surface area contributed by atoms with E-state index < -0.39 is 17.1 Å². The molecule has 2 N–H and O–H groups in total. The molecule has 30 heavy (non-hydrogen) atoms. The molecular weight excluding hydrogens is 399 g/mol. The Labute approximate surface area is 179 Å². The van der Waals surface area contributed by atoms with E-state index in [1.807, 2.05) is 35.7 Å². The molecule has 0 bridgehead atoms. The van der Waals surface area contributed by atoms with Gasteiger partial charge in [0.2, 0.25) is 5.91 Å². The van der Waals surface area contributed by atoms with Crippen molar-refractivity contribution in [3.8, 4) is 10.4 Å². The van der Waals surface area contributed by atoms with Crippen LogP contribution in [0.25, 0.3) is 10.4 Å². The Kier molecular flexibility index (Phi) is 5.68. The Hall–Kier alpha value is -2.99. The second-order valence-electron chi connectivity index (χ2n) is 7.80. The molecule has 1 saturated heterocycles. The van der Waals surface area contributed by atoms with Gasteiger partial charge in [-0.25, -0.2) is 4.39 Å². The first-order valence-corrected chi connectivity index (χ1v) is 10.8. The number of amides is 2. The number of hydrogen-bond donors (Lipinski definition) is 1. The van der Waals surface area contributed by atoms with Crippen LogP contribution in [0.1, 0.15) is 28.8 Å². The number of benzene rings is 2. The van der Waals surface area contributed by atoms with Crippen molar-refractivity contribution in [3.05, 3.63) is 83.0 Å². The van der Waals surface area contributed by atoms with Gasteiger partial charge in [0.25, 0.3) is 5.91 Å². The molecule has 4 rings (SSSR count). The molecule has 0 saturated carbocycles. The highest BCUT2D eigenvalue weighted by molar-refractivity contribution is 7.13. The van der Waals surface area contributed by atoms with Crippen LogP contribution in [-0.4, -0.2) is 29.8 Å². The molecule has 1 aromatic heterocycles. The average Bonchev–Trinajstić information content (AvgIpc) is 3.28. The lowest BCUT2D eigenvalue weighted by atomic mass is 9.73. The van der Waals surface area contributed by atoms with Crippen LogP contribution < -0.4 is 5.73 Å². The topological polar surface area (TPSA) is 63.4 Å². The second-order valence-corrected chi connectivity index (χ2v) is 8.74. The van der Waals surface area contributed by atoms with Crippen LogP contribution in [0, 0.1) is 11.2 Å². The van der Waals surface area contributed by atoms with Crippen LogP contribution in [0.2, 0.25) is 0 Å². The molecule has 0 aliphatic carbocycles. The standard InChI is InChI=1S/C24H23FN2O2S/c25-19-8-3-7-17(14-19)22(28)27-12-5-11-24(16-27,23(26)29)15-18-6-1-2-9-20(18)21-10-4-13-30-21/h1-4,6-10,13-14H,5,11-12,15-16H2,(H2,26,29). The highest BCUT2D eigenvalue weighted by atomic mass is 32.1. The maximum absolute atomic E-state index is 13.6. The van der Waals surface area contributed by atoms with Crippen molar-refractivity contribution >= 4 is 23.2 Å². The monoisotopic (exact) mass is 422 g/mol. The smallest absolute Gasteiger partial charge is 0.253 e. The second kappa shape index (κ2) is 8.40. The van der Waals surface area contributed by atoms with Gasteiger partial charge in [-0.05, 0) is 60.0 Å². The first-order chi connectivity index (χ1) is 14.5. The minimum atomic E-state index is -0.853. The Balaban J connectivity index is 1.64. The zero-order valence-corrected chi connectivity index (χ0v) is 17.3. The van der Waals surface area contributed by atoms with Crippen molar-refractivity contribution in [2.45, 2.75) is 19.3 Å². The summed E-state index contributed by atoms with van der Waals surface area (Å²) in [5, 5.41) is 2.02. The summed E-state index contributed by atoms with van der Waals surface area (Å²) in [6.07, 6.45) is 1.75. The minimum absolute atomic E-state index is 0.233. The number of thiophene rings is 1. The molecule has 2 amide bonds. The highest BCUT2D eigenvalue weighted by Crippen LogP contribution is 2.38. The van der Waals surface area contributed by atoms with Crippen LogP contribution in [0.3, 0.4) is 0 Å². The Morgan fingerprint density at radius 1 is 1.10 bits per heavy atom. The fourth-order valence-corrected chi connectivity index (χ4v) is 5.04. The molecule has 1 aliphatic rings. The predicted octanol–water partition coefficient (Wildman–Crippen LogP) is 4.50. The predicted molar refractivity (Wildman–Crippen MR) is 117 cm³/mol. The molecule has 1 fully saturated rings. The molecule has 0 radical (unpaired) electrons. The lowest BCUT2D eigenvalue weighted by molar-refractivity contribution is -0.130. The van der Waals surface area contributed by atoms with E-state index in [4.69, 9.17) is 5.73 Å². The number of carbonyl (C=O) groups is 2. The summed E-state index contributed by atoms with van der Waals surface area (Å²) < 4.78 is 13.6. The van der Waals surface area contributed by atoms with Crippen LogP contribution in [0.5, 0.6) is 0 Å². The average molecular weight is 423 g/mol. The van der Waals surface area contributed by atoms with Gasteiger partial charge in [0.05, 0.1) is 5.41 Å². The van der Waals surface area contributed by atoms with Gasteiger partial charge in [-0.2, -0.15) is 0 Å². The quantitative estimate of drug-likeness (QED) is 0.658. The van der Waals surface area contributed by atoms with E-state index in [9.17, 15) is 14.0 Å². The summed E-state index contributed by atoms with van der Waals surface area (Å²) >= 11 is 1.65. The van der Waals surface area contributed by atoms with E-state index in [1.165, 1.54) is 18.2 Å². The first-order valence-electron chi connectivity index (χ1n) is 9.95. The van der Waals surface area contributed by atoms with Gasteiger partial charge in [-0.1, -0.05) is 36.4 Å². The van der Waals surface area contributed by atoms with Gasteiger partial charge in [0, 0.05) is 23.5 Å². The number of halogens is 1. The number of primary amides is 1. The fraction of sp³-hybridized carbons (Fsp3) is 0.250. The summed E-state index contributed by atoms with van der Waals surface area (Å²) in [6, 6.07) is 17.7. The van der Waals surface area contributed by atoms with E-state index in [2.05, 4.69) is 6.07 Å². The number of nitrogens with zero attached hydrogens (tertiary/aromatic N) is 1. The van der Waals surface area contributed by atoms with Crippen molar-refractivity contribution in [1.29, 1.82) is 0 Å². The number of hydrogen-bond acceptors (Lipinski definition) is 3. The minimum Gasteiger partial charge on any atom is -0.369 e. The maximum Gasteiger partial charge on any atom is 0.253 e. The SMILES string of the molecule is NC(=O)C1(Cc2ccccc2-c2cccs2)CCCN(C(=O)c2cccc(F)c2)C1. The third-order valence-electron chi connectivity index (χ3n) is 5.79. The van der Waals surface area contributed by atoms with Crippen LogP contribution in [0.4, 0.5) is 4.39 Å². The van der Waals surface area contributed by atoms with Gasteiger partial charge >= 0.3 is 0 Å². The number of carbonyl (C=O) groups excluding carboxylic acids is 2. The van der Waals surface area contributed by atoms with Crippen molar-refractivity contribution in [2.75, 3.05) is 13.1 Å². The maximum atomic E-state index is 13.6. The number of piperidine rings is 1. The third kappa shape index (κ3) is 4.00. The Morgan fingerprint density at radius 2 is 1.93 bits per heavy atom. The molecule has 1 aliphatic heterocycles. The number of likely N-dealkylation sites (tertiary alicyclic amines) is 1. The lowest BCUT2D eigenvalue weighted by Gasteiger charge is -2.41. The van der Waals surface area contributed by atoms with E-state index in [-0.39, 0.29) is 18.0 Å². The fourth-order valence-electron chi connectivity index (χ4n) is 4.25. The summed E-state index contributed by atoms with van der Waals surface area (Å²) in [7, 11) is 0.